The molecule has 0 saturated carbocycles. The third kappa shape index (κ3) is 0.632. The van der Waals surface area contributed by atoms with E-state index in [1.807, 2.05) is 0 Å². The summed E-state index contributed by atoms with van der Waals surface area (Å²) in [5.74, 6) is 0.597. The molecule has 46 valence electrons. The van der Waals surface area contributed by atoms with Crippen molar-refractivity contribution in [2.24, 2.45) is 5.92 Å². The smallest absolute Gasteiger partial charge is 0.216 e. The predicted molar refractivity (Wildman–Crippen MR) is 27.2 cm³/mol. The van der Waals surface area contributed by atoms with Crippen molar-refractivity contribution in [2.45, 2.75) is 6.41 Å². The molecule has 0 atom stereocenters. The summed E-state index contributed by atoms with van der Waals surface area (Å²) in [5.41, 5.74) is 0. The van der Waals surface area contributed by atoms with Gasteiger partial charge >= 0.3 is 0 Å². The molecule has 3 saturated heterocycles. The largest absolute Gasteiger partial charge is 0.339 e. The second kappa shape index (κ2) is 1.69. The molecule has 0 amide bonds. The van der Waals surface area contributed by atoms with E-state index in [1.54, 1.807) is 0 Å². The van der Waals surface area contributed by atoms with Gasteiger partial charge in [0.2, 0.25) is 6.41 Å². The van der Waals surface area contributed by atoms with E-state index in [2.05, 4.69) is 5.32 Å². The van der Waals surface area contributed by atoms with Gasteiger partial charge in [0.1, 0.15) is 0 Å². The Morgan fingerprint density at radius 2 is 2.00 bits per heavy atom. The summed E-state index contributed by atoms with van der Waals surface area (Å²) in [6.07, 6.45) is -0.0972. The van der Waals surface area contributed by atoms with Crippen molar-refractivity contribution in [3.05, 3.63) is 0 Å². The topological polar surface area (TPSA) is 30.5 Å². The Hall–Kier alpha value is -0.120. The lowest BCUT2D eigenvalue weighted by molar-refractivity contribution is -0.244. The number of ether oxygens (including phenoxy) is 2. The first-order chi connectivity index (χ1) is 3.95. The van der Waals surface area contributed by atoms with Crippen LogP contribution in [0.4, 0.5) is 0 Å². The third-order valence-electron chi connectivity index (χ3n) is 1.54. The molecule has 3 heterocycles. The third-order valence-corrected chi connectivity index (χ3v) is 1.54. The molecule has 0 aromatic rings. The number of hydrogen-bond acceptors (Lipinski definition) is 3. The van der Waals surface area contributed by atoms with E-state index >= 15 is 0 Å². The Morgan fingerprint density at radius 1 is 1.25 bits per heavy atom. The highest BCUT2D eigenvalue weighted by molar-refractivity contribution is 4.70. The molecule has 3 heteroatoms. The van der Waals surface area contributed by atoms with Crippen LogP contribution < -0.4 is 5.32 Å². The number of hydrogen-bond donors (Lipinski definition) is 1. The quantitative estimate of drug-likeness (QED) is 0.463. The molecule has 0 spiro atoms. The van der Waals surface area contributed by atoms with Crippen LogP contribution in [0.2, 0.25) is 0 Å². The molecule has 3 nitrogen and oxygen atoms in total. The van der Waals surface area contributed by atoms with Gasteiger partial charge in [-0.15, -0.1) is 0 Å². The van der Waals surface area contributed by atoms with Crippen molar-refractivity contribution in [1.29, 1.82) is 0 Å². The van der Waals surface area contributed by atoms with Gasteiger partial charge in [-0.3, -0.25) is 5.32 Å². The maximum Gasteiger partial charge on any atom is 0.216 e. The number of fused-ring (bicyclic) bond motifs is 3. The lowest BCUT2D eigenvalue weighted by atomic mass is 10.1. The van der Waals surface area contributed by atoms with Crippen molar-refractivity contribution in [2.75, 3.05) is 19.8 Å². The van der Waals surface area contributed by atoms with Gasteiger partial charge in [0.25, 0.3) is 0 Å². The average molecular weight is 115 g/mol. The summed E-state index contributed by atoms with van der Waals surface area (Å²) in [6, 6.07) is 0. The molecule has 0 unspecified atom stereocenters. The molecule has 0 aliphatic carbocycles. The van der Waals surface area contributed by atoms with Gasteiger partial charge in [-0.1, -0.05) is 0 Å². The van der Waals surface area contributed by atoms with Gasteiger partial charge < -0.3 is 9.47 Å². The molecule has 2 bridgehead atoms. The summed E-state index contributed by atoms with van der Waals surface area (Å²) in [7, 11) is 0. The van der Waals surface area contributed by atoms with Crippen molar-refractivity contribution in [3.63, 3.8) is 0 Å². The first-order valence-corrected chi connectivity index (χ1v) is 2.92. The van der Waals surface area contributed by atoms with Crippen LogP contribution in [0.15, 0.2) is 0 Å². The van der Waals surface area contributed by atoms with E-state index in [9.17, 15) is 0 Å². The maximum atomic E-state index is 5.14. The minimum atomic E-state index is -0.0972. The Morgan fingerprint density at radius 3 is 2.12 bits per heavy atom. The van der Waals surface area contributed by atoms with Crippen LogP contribution in [0.25, 0.3) is 0 Å². The van der Waals surface area contributed by atoms with E-state index in [0.29, 0.717) is 5.92 Å². The van der Waals surface area contributed by atoms with Crippen LogP contribution in [0, 0.1) is 5.92 Å². The molecular formula is C5H9NO2. The molecule has 3 rings (SSSR count). The SMILES string of the molecule is C1NC2OCC1CO2. The zero-order valence-corrected chi connectivity index (χ0v) is 4.59. The second-order valence-electron chi connectivity index (χ2n) is 2.27. The van der Waals surface area contributed by atoms with E-state index in [0.717, 1.165) is 19.8 Å². The summed E-state index contributed by atoms with van der Waals surface area (Å²) < 4.78 is 10.3. The molecule has 3 aliphatic rings. The molecule has 8 heavy (non-hydrogen) atoms. The Kier molecular flexibility index (Phi) is 0.997. The van der Waals surface area contributed by atoms with Crippen molar-refractivity contribution in [3.8, 4) is 0 Å². The number of nitrogens with one attached hydrogen (secondary N) is 1. The molecular weight excluding hydrogens is 106 g/mol. The van der Waals surface area contributed by atoms with Crippen LogP contribution >= 0.6 is 0 Å². The average Bonchev–Trinajstić information content (AvgIpc) is 1.92. The van der Waals surface area contributed by atoms with Crippen LogP contribution in [-0.2, 0) is 9.47 Å². The van der Waals surface area contributed by atoms with Crippen LogP contribution in [0.3, 0.4) is 0 Å². The van der Waals surface area contributed by atoms with E-state index < -0.39 is 0 Å². The van der Waals surface area contributed by atoms with E-state index in [1.165, 1.54) is 0 Å². The molecule has 1 N–H and O–H groups in total. The Labute approximate surface area is 48.0 Å². The zero-order valence-electron chi connectivity index (χ0n) is 4.59. The fraction of sp³-hybridized carbons (Fsp3) is 1.00. The fourth-order valence-electron chi connectivity index (χ4n) is 1.04. The van der Waals surface area contributed by atoms with Crippen LogP contribution in [-0.4, -0.2) is 26.2 Å². The standard InChI is InChI=1S/C5H9NO2/c1-4-2-7-5(6-1)8-3-4/h4-6H,1-3H2. The highest BCUT2D eigenvalue weighted by Gasteiger charge is 2.27. The highest BCUT2D eigenvalue weighted by Crippen LogP contribution is 2.13. The second-order valence-corrected chi connectivity index (χ2v) is 2.27. The first kappa shape index (κ1) is 4.73. The van der Waals surface area contributed by atoms with Gasteiger partial charge in [0.15, 0.2) is 0 Å². The summed E-state index contributed by atoms with van der Waals surface area (Å²) >= 11 is 0. The van der Waals surface area contributed by atoms with Gasteiger partial charge in [0, 0.05) is 12.5 Å². The summed E-state index contributed by atoms with van der Waals surface area (Å²) in [6.45, 7) is 2.81. The zero-order chi connectivity index (χ0) is 5.40. The summed E-state index contributed by atoms with van der Waals surface area (Å²) in [5, 5.41) is 3.07. The Balaban J connectivity index is 2.03. The van der Waals surface area contributed by atoms with Crippen molar-refractivity contribution in [1.82, 2.24) is 5.32 Å². The van der Waals surface area contributed by atoms with Gasteiger partial charge in [-0.2, -0.15) is 0 Å². The van der Waals surface area contributed by atoms with Gasteiger partial charge in [-0.25, -0.2) is 0 Å². The van der Waals surface area contributed by atoms with Crippen LogP contribution in [0.5, 0.6) is 0 Å². The van der Waals surface area contributed by atoms with Crippen molar-refractivity contribution < 1.29 is 9.47 Å². The monoisotopic (exact) mass is 115 g/mol. The normalized spacial score (nSPS) is 45.0. The Bertz CT molecular complexity index is 65.4. The maximum absolute atomic E-state index is 5.14. The molecule has 0 aromatic heterocycles. The molecule has 3 aliphatic heterocycles. The lowest BCUT2D eigenvalue weighted by Gasteiger charge is -2.36. The summed E-state index contributed by atoms with van der Waals surface area (Å²) in [4.78, 5) is 0. The van der Waals surface area contributed by atoms with Crippen molar-refractivity contribution >= 4 is 0 Å². The fourth-order valence-corrected chi connectivity index (χ4v) is 1.04. The van der Waals surface area contributed by atoms with Gasteiger partial charge in [-0.05, 0) is 0 Å². The minimum absolute atomic E-state index is 0.0972. The predicted octanol–water partition coefficient (Wildman–Crippen LogP) is -0.464. The van der Waals surface area contributed by atoms with E-state index in [-0.39, 0.29) is 6.41 Å². The number of rotatable bonds is 0. The lowest BCUT2D eigenvalue weighted by Crippen LogP contribution is -2.52. The molecule has 3 fully saturated rings. The van der Waals surface area contributed by atoms with Crippen LogP contribution in [0.1, 0.15) is 0 Å². The first-order valence-electron chi connectivity index (χ1n) is 2.92. The minimum Gasteiger partial charge on any atom is -0.339 e. The highest BCUT2D eigenvalue weighted by atomic mass is 16.7. The van der Waals surface area contributed by atoms with Gasteiger partial charge in [0.05, 0.1) is 13.2 Å². The molecule has 0 radical (unpaired) electrons. The van der Waals surface area contributed by atoms with E-state index in [4.69, 9.17) is 9.47 Å². The molecule has 0 aromatic carbocycles.